The van der Waals surface area contributed by atoms with Crippen LogP contribution in [0.2, 0.25) is 0 Å². The molecule has 14 heavy (non-hydrogen) atoms. The first kappa shape index (κ1) is 12.3. The van der Waals surface area contributed by atoms with Crippen molar-refractivity contribution in [1.29, 1.82) is 0 Å². The van der Waals surface area contributed by atoms with E-state index in [0.29, 0.717) is 17.6 Å². The third-order valence-corrected chi connectivity index (χ3v) is 3.33. The fourth-order valence-corrected chi connectivity index (χ4v) is 1.97. The van der Waals surface area contributed by atoms with Crippen LogP contribution in [0, 0.1) is 0 Å². The molecule has 1 heterocycles. The lowest BCUT2D eigenvalue weighted by molar-refractivity contribution is 0.183. The first-order valence-corrected chi connectivity index (χ1v) is 5.91. The van der Waals surface area contributed by atoms with Crippen LogP contribution in [0.3, 0.4) is 0 Å². The molecule has 1 aliphatic heterocycles. The Hall–Kier alpha value is 0.240. The highest BCUT2D eigenvalue weighted by molar-refractivity contribution is 6.36. The maximum atomic E-state index is 5.77. The summed E-state index contributed by atoms with van der Waals surface area (Å²) in [6.07, 6.45) is 3.96. The zero-order chi connectivity index (χ0) is 10.4. The molecule has 0 aliphatic carbocycles. The summed E-state index contributed by atoms with van der Waals surface area (Å²) in [4.78, 5) is 2.41. The van der Waals surface area contributed by atoms with Crippen molar-refractivity contribution < 1.29 is 0 Å². The number of piperidine rings is 1. The minimum Gasteiger partial charge on any atom is -0.310 e. The van der Waals surface area contributed by atoms with Crippen molar-refractivity contribution >= 4 is 23.2 Å². The fraction of sp³-hybridized carbons (Fsp3) is 0.800. The summed E-state index contributed by atoms with van der Waals surface area (Å²) in [5.41, 5.74) is 1.42. The van der Waals surface area contributed by atoms with Crippen molar-refractivity contribution in [1.82, 2.24) is 10.2 Å². The Morgan fingerprint density at radius 2 is 2.36 bits per heavy atom. The molecule has 1 atom stereocenters. The molecule has 0 spiro atoms. The second-order valence-electron chi connectivity index (χ2n) is 3.82. The van der Waals surface area contributed by atoms with Gasteiger partial charge in [-0.1, -0.05) is 29.6 Å². The van der Waals surface area contributed by atoms with Crippen molar-refractivity contribution in [3.8, 4) is 0 Å². The van der Waals surface area contributed by atoms with E-state index in [9.17, 15) is 0 Å². The molecule has 0 bridgehead atoms. The largest absolute Gasteiger partial charge is 0.310 e. The first-order valence-electron chi connectivity index (χ1n) is 5.09. The van der Waals surface area contributed by atoms with E-state index in [-0.39, 0.29) is 0 Å². The molecule has 0 radical (unpaired) electrons. The number of hydrogen-bond donors (Lipinski definition) is 1. The van der Waals surface area contributed by atoms with Crippen LogP contribution in [0.1, 0.15) is 19.3 Å². The van der Waals surface area contributed by atoms with Gasteiger partial charge in [-0.25, -0.2) is 0 Å². The van der Waals surface area contributed by atoms with Crippen LogP contribution in [0.4, 0.5) is 0 Å². The van der Waals surface area contributed by atoms with Gasteiger partial charge in [0.25, 0.3) is 0 Å². The minimum absolute atomic E-state index is 0.656. The topological polar surface area (TPSA) is 15.3 Å². The van der Waals surface area contributed by atoms with E-state index in [1.807, 2.05) is 0 Å². The Bertz CT molecular complexity index is 195. The van der Waals surface area contributed by atoms with Crippen molar-refractivity contribution in [2.45, 2.75) is 25.3 Å². The van der Waals surface area contributed by atoms with E-state index in [1.54, 1.807) is 0 Å². The lowest BCUT2D eigenvalue weighted by Crippen LogP contribution is -2.43. The van der Waals surface area contributed by atoms with Gasteiger partial charge in [0, 0.05) is 29.7 Å². The summed E-state index contributed by atoms with van der Waals surface area (Å²) >= 11 is 11.2. The van der Waals surface area contributed by atoms with Gasteiger partial charge in [-0.2, -0.15) is 0 Å². The van der Waals surface area contributed by atoms with Gasteiger partial charge in [0.2, 0.25) is 0 Å². The highest BCUT2D eigenvalue weighted by Gasteiger charge is 2.17. The fourth-order valence-electron chi connectivity index (χ4n) is 1.80. The molecule has 82 valence electrons. The van der Waals surface area contributed by atoms with E-state index < -0.39 is 0 Å². The quantitative estimate of drug-likeness (QED) is 0.807. The highest BCUT2D eigenvalue weighted by Crippen LogP contribution is 2.14. The third kappa shape index (κ3) is 4.18. The first-order chi connectivity index (χ1) is 6.74. The van der Waals surface area contributed by atoms with Crippen molar-refractivity contribution in [2.75, 3.05) is 26.7 Å². The third-order valence-electron chi connectivity index (χ3n) is 2.71. The number of likely N-dealkylation sites (N-methyl/N-ethyl adjacent to an activating group) is 1. The summed E-state index contributed by atoms with van der Waals surface area (Å²) in [6, 6.07) is 0.656. The molecule has 4 heteroatoms. The van der Waals surface area contributed by atoms with Crippen LogP contribution in [-0.2, 0) is 0 Å². The Morgan fingerprint density at radius 1 is 1.57 bits per heavy atom. The number of nitrogens with one attached hydrogen (secondary N) is 1. The Kier molecular flexibility index (Phi) is 5.87. The van der Waals surface area contributed by atoms with Gasteiger partial charge in [-0.3, -0.25) is 0 Å². The van der Waals surface area contributed by atoms with E-state index in [4.69, 9.17) is 23.2 Å². The van der Waals surface area contributed by atoms with Gasteiger partial charge >= 0.3 is 0 Å². The minimum atomic E-state index is 0.656. The summed E-state index contributed by atoms with van der Waals surface area (Å²) in [5.74, 6) is 0. The summed E-state index contributed by atoms with van der Waals surface area (Å²) in [6.45, 7) is 2.89. The second kappa shape index (κ2) is 6.67. The molecule has 1 rings (SSSR count). The molecule has 0 saturated carbocycles. The second-order valence-corrected chi connectivity index (χ2v) is 4.52. The molecule has 2 nitrogen and oxygen atoms in total. The van der Waals surface area contributed by atoms with Crippen LogP contribution in [0.5, 0.6) is 0 Å². The average molecular weight is 237 g/mol. The maximum Gasteiger partial charge on any atom is 0.0431 e. The smallest absolute Gasteiger partial charge is 0.0431 e. The van der Waals surface area contributed by atoms with E-state index >= 15 is 0 Å². The monoisotopic (exact) mass is 236 g/mol. The SMILES string of the molecule is CN1CCCCC1CNCC(Cl)=CCl. The molecular weight excluding hydrogens is 219 g/mol. The molecule has 0 aromatic carbocycles. The Balaban J connectivity index is 2.16. The van der Waals surface area contributed by atoms with Gasteiger partial charge in [-0.05, 0) is 26.4 Å². The highest BCUT2D eigenvalue weighted by atomic mass is 35.5. The van der Waals surface area contributed by atoms with Crippen LogP contribution >= 0.6 is 23.2 Å². The number of halogens is 2. The summed E-state index contributed by atoms with van der Waals surface area (Å²) in [5, 5.41) is 3.98. The van der Waals surface area contributed by atoms with Crippen LogP contribution in [0.25, 0.3) is 0 Å². The van der Waals surface area contributed by atoms with Gasteiger partial charge in [0.05, 0.1) is 0 Å². The van der Waals surface area contributed by atoms with Crippen LogP contribution in [-0.4, -0.2) is 37.6 Å². The van der Waals surface area contributed by atoms with E-state index in [0.717, 1.165) is 6.54 Å². The molecular formula is C10H18Cl2N2. The van der Waals surface area contributed by atoms with Gasteiger partial charge in [0.15, 0.2) is 0 Å². The van der Waals surface area contributed by atoms with Gasteiger partial charge < -0.3 is 10.2 Å². The zero-order valence-electron chi connectivity index (χ0n) is 8.60. The Labute approximate surface area is 96.2 Å². The Morgan fingerprint density at radius 3 is 3.00 bits per heavy atom. The standard InChI is InChI=1S/C10H18Cl2N2/c1-14-5-3-2-4-10(14)8-13-7-9(12)6-11/h6,10,13H,2-5,7-8H2,1H3. The van der Waals surface area contributed by atoms with E-state index in [1.165, 1.54) is 31.3 Å². The van der Waals surface area contributed by atoms with Crippen LogP contribution < -0.4 is 5.32 Å². The molecule has 1 N–H and O–H groups in total. The predicted molar refractivity (Wildman–Crippen MR) is 62.9 cm³/mol. The van der Waals surface area contributed by atoms with Crippen molar-refractivity contribution in [3.05, 3.63) is 10.6 Å². The molecule has 0 amide bonds. The predicted octanol–water partition coefficient (Wildman–Crippen LogP) is 2.38. The number of likely N-dealkylation sites (tertiary alicyclic amines) is 1. The van der Waals surface area contributed by atoms with E-state index in [2.05, 4.69) is 17.3 Å². The van der Waals surface area contributed by atoms with Crippen molar-refractivity contribution in [2.24, 2.45) is 0 Å². The molecule has 1 aliphatic rings. The maximum absolute atomic E-state index is 5.77. The molecule has 0 aromatic heterocycles. The molecule has 1 saturated heterocycles. The van der Waals surface area contributed by atoms with Gasteiger partial charge in [0.1, 0.15) is 0 Å². The zero-order valence-corrected chi connectivity index (χ0v) is 10.1. The number of hydrogen-bond acceptors (Lipinski definition) is 2. The number of nitrogens with zero attached hydrogens (tertiary/aromatic N) is 1. The molecule has 1 unspecified atom stereocenters. The summed E-state index contributed by atoms with van der Waals surface area (Å²) < 4.78 is 0. The van der Waals surface area contributed by atoms with Crippen molar-refractivity contribution in [3.63, 3.8) is 0 Å². The molecule has 0 aromatic rings. The lowest BCUT2D eigenvalue weighted by atomic mass is 10.0. The molecule has 1 fully saturated rings. The van der Waals surface area contributed by atoms with Gasteiger partial charge in [-0.15, -0.1) is 0 Å². The number of rotatable bonds is 4. The van der Waals surface area contributed by atoms with Crippen LogP contribution in [0.15, 0.2) is 10.6 Å². The normalized spacial score (nSPS) is 25.4. The lowest BCUT2D eigenvalue weighted by Gasteiger charge is -2.32. The average Bonchev–Trinajstić information content (AvgIpc) is 2.20. The summed E-state index contributed by atoms with van der Waals surface area (Å²) in [7, 11) is 2.19.